The van der Waals surface area contributed by atoms with Crippen LogP contribution in [0.5, 0.6) is 11.5 Å². The Hall–Kier alpha value is -2.44. The minimum absolute atomic E-state index is 0.0188. The van der Waals surface area contributed by atoms with Gasteiger partial charge < -0.3 is 25.2 Å². The van der Waals surface area contributed by atoms with Gasteiger partial charge in [0.25, 0.3) is 0 Å². The molecule has 0 atom stereocenters. The number of benzene rings is 1. The maximum absolute atomic E-state index is 11.8. The number of urea groups is 1. The van der Waals surface area contributed by atoms with Crippen LogP contribution in [0.15, 0.2) is 18.2 Å². The molecular formula is C14H20N2O5. The molecule has 21 heavy (non-hydrogen) atoms. The molecule has 0 spiro atoms. The van der Waals surface area contributed by atoms with Gasteiger partial charge in [-0.15, -0.1) is 0 Å². The number of carboxylic acid groups (broad SMARTS) is 1. The predicted molar refractivity (Wildman–Crippen MR) is 76.4 cm³/mol. The number of nitrogens with one attached hydrogen (secondary N) is 1. The van der Waals surface area contributed by atoms with E-state index in [-0.39, 0.29) is 18.2 Å². The highest BCUT2D eigenvalue weighted by atomic mass is 16.5. The fraction of sp³-hybridized carbons (Fsp3) is 0.429. The third-order valence-corrected chi connectivity index (χ3v) is 2.85. The molecule has 7 heteroatoms. The summed E-state index contributed by atoms with van der Waals surface area (Å²) in [6.45, 7) is 0.631. The Morgan fingerprint density at radius 2 is 2.10 bits per heavy atom. The monoisotopic (exact) mass is 296 g/mol. The third kappa shape index (κ3) is 5.60. The highest BCUT2D eigenvalue weighted by Crippen LogP contribution is 2.26. The summed E-state index contributed by atoms with van der Waals surface area (Å²) < 4.78 is 4.95. The van der Waals surface area contributed by atoms with Gasteiger partial charge in [-0.25, -0.2) is 4.79 Å². The fourth-order valence-corrected chi connectivity index (χ4v) is 1.75. The molecule has 7 nitrogen and oxygen atoms in total. The first kappa shape index (κ1) is 16.6. The molecule has 0 aliphatic carbocycles. The van der Waals surface area contributed by atoms with Crippen molar-refractivity contribution in [1.82, 2.24) is 10.2 Å². The molecular weight excluding hydrogens is 276 g/mol. The number of phenols is 1. The molecule has 1 rings (SSSR count). The second-order valence-electron chi connectivity index (χ2n) is 4.59. The van der Waals surface area contributed by atoms with Crippen LogP contribution in [0.1, 0.15) is 18.4 Å². The Bertz CT molecular complexity index is 504. The molecule has 0 aromatic heterocycles. The Morgan fingerprint density at radius 3 is 2.67 bits per heavy atom. The largest absolute Gasteiger partial charge is 0.504 e. The number of amides is 2. The van der Waals surface area contributed by atoms with Crippen LogP contribution in [0.2, 0.25) is 0 Å². The first-order valence-electron chi connectivity index (χ1n) is 6.50. The molecule has 116 valence electrons. The number of carbonyl (C=O) groups is 2. The smallest absolute Gasteiger partial charge is 0.317 e. The molecule has 0 heterocycles. The number of rotatable bonds is 7. The van der Waals surface area contributed by atoms with Gasteiger partial charge in [-0.2, -0.15) is 0 Å². The minimum atomic E-state index is -0.883. The summed E-state index contributed by atoms with van der Waals surface area (Å²) in [6.07, 6.45) is 0.411. The molecule has 0 radical (unpaired) electrons. The number of aromatic hydroxyl groups is 1. The molecule has 0 saturated carbocycles. The van der Waals surface area contributed by atoms with Crippen molar-refractivity contribution in [3.8, 4) is 11.5 Å². The fourth-order valence-electron chi connectivity index (χ4n) is 1.75. The van der Waals surface area contributed by atoms with Crippen LogP contribution in [0.3, 0.4) is 0 Å². The quantitative estimate of drug-likeness (QED) is 0.661. The molecule has 0 aliphatic rings. The average Bonchev–Trinajstić information content (AvgIpc) is 2.43. The lowest BCUT2D eigenvalue weighted by Crippen LogP contribution is -2.37. The van der Waals surface area contributed by atoms with Gasteiger partial charge in [0, 0.05) is 26.6 Å². The first-order valence-corrected chi connectivity index (χ1v) is 6.50. The van der Waals surface area contributed by atoms with E-state index in [4.69, 9.17) is 9.84 Å². The Labute approximate surface area is 123 Å². The zero-order chi connectivity index (χ0) is 15.8. The summed E-state index contributed by atoms with van der Waals surface area (Å²) >= 11 is 0. The second kappa shape index (κ2) is 7.98. The van der Waals surface area contributed by atoms with Gasteiger partial charge in [-0.1, -0.05) is 6.07 Å². The van der Waals surface area contributed by atoms with Crippen molar-refractivity contribution in [2.45, 2.75) is 19.4 Å². The van der Waals surface area contributed by atoms with Gasteiger partial charge in [0.1, 0.15) is 0 Å². The van der Waals surface area contributed by atoms with Gasteiger partial charge in [-0.05, 0) is 24.1 Å². The SMILES string of the molecule is COc1ccc(CN(C)C(=O)NCCCC(=O)O)cc1O. The number of carboxylic acids is 1. The Kier molecular flexibility index (Phi) is 6.32. The van der Waals surface area contributed by atoms with Gasteiger partial charge in [0.05, 0.1) is 7.11 Å². The Balaban J connectivity index is 2.44. The molecule has 1 aromatic carbocycles. The van der Waals surface area contributed by atoms with Gasteiger partial charge in [-0.3, -0.25) is 4.79 Å². The van der Waals surface area contributed by atoms with Crippen LogP contribution in [-0.2, 0) is 11.3 Å². The molecule has 0 bridgehead atoms. The molecule has 0 unspecified atom stereocenters. The molecule has 1 aromatic rings. The number of methoxy groups -OCH3 is 1. The second-order valence-corrected chi connectivity index (χ2v) is 4.59. The number of phenolic OH excluding ortho intramolecular Hbond substituents is 1. The molecule has 3 N–H and O–H groups in total. The number of aliphatic carboxylic acids is 1. The van der Waals surface area contributed by atoms with E-state index in [0.717, 1.165) is 5.56 Å². The number of ether oxygens (including phenoxy) is 1. The van der Waals surface area contributed by atoms with E-state index in [1.807, 2.05) is 0 Å². The number of carbonyl (C=O) groups excluding carboxylic acids is 1. The van der Waals surface area contributed by atoms with E-state index >= 15 is 0 Å². The maximum atomic E-state index is 11.8. The van der Waals surface area contributed by atoms with E-state index < -0.39 is 5.97 Å². The lowest BCUT2D eigenvalue weighted by atomic mass is 10.2. The van der Waals surface area contributed by atoms with E-state index in [2.05, 4.69) is 5.32 Å². The van der Waals surface area contributed by atoms with Gasteiger partial charge in [0.15, 0.2) is 11.5 Å². The summed E-state index contributed by atoms with van der Waals surface area (Å²) in [4.78, 5) is 23.6. The zero-order valence-corrected chi connectivity index (χ0v) is 12.1. The van der Waals surface area contributed by atoms with Crippen molar-refractivity contribution in [2.75, 3.05) is 20.7 Å². The highest BCUT2D eigenvalue weighted by molar-refractivity contribution is 5.74. The van der Waals surface area contributed by atoms with Crippen LogP contribution in [0.4, 0.5) is 4.79 Å². The summed E-state index contributed by atoms with van der Waals surface area (Å²) in [5.41, 5.74) is 0.761. The zero-order valence-electron chi connectivity index (χ0n) is 12.1. The van der Waals surface area contributed by atoms with Crippen LogP contribution in [-0.4, -0.2) is 47.8 Å². The standard InChI is InChI=1S/C14H20N2O5/c1-16(14(20)15-7-3-4-13(18)19)9-10-5-6-12(21-2)11(17)8-10/h5-6,8,17H,3-4,7,9H2,1-2H3,(H,15,20)(H,18,19). The van der Waals surface area contributed by atoms with Crippen molar-refractivity contribution in [3.63, 3.8) is 0 Å². The summed E-state index contributed by atoms with van der Waals surface area (Å²) in [5.74, 6) is -0.490. The molecule has 0 aliphatic heterocycles. The van der Waals surface area contributed by atoms with Crippen LogP contribution in [0, 0.1) is 0 Å². The minimum Gasteiger partial charge on any atom is -0.504 e. The van der Waals surface area contributed by atoms with Crippen molar-refractivity contribution < 1.29 is 24.5 Å². The van der Waals surface area contributed by atoms with Crippen molar-refractivity contribution in [2.24, 2.45) is 0 Å². The van der Waals surface area contributed by atoms with E-state index in [1.165, 1.54) is 18.1 Å². The topological polar surface area (TPSA) is 99.1 Å². The van der Waals surface area contributed by atoms with Crippen LogP contribution in [0.25, 0.3) is 0 Å². The average molecular weight is 296 g/mol. The normalized spacial score (nSPS) is 10.0. The predicted octanol–water partition coefficient (Wildman–Crippen LogP) is 1.41. The lowest BCUT2D eigenvalue weighted by molar-refractivity contribution is -0.137. The van der Waals surface area contributed by atoms with Crippen molar-refractivity contribution in [3.05, 3.63) is 23.8 Å². The van der Waals surface area contributed by atoms with Crippen molar-refractivity contribution in [1.29, 1.82) is 0 Å². The van der Waals surface area contributed by atoms with Crippen LogP contribution >= 0.6 is 0 Å². The molecule has 2 amide bonds. The Morgan fingerprint density at radius 1 is 1.38 bits per heavy atom. The van der Waals surface area contributed by atoms with E-state index in [1.54, 1.807) is 19.2 Å². The summed E-state index contributed by atoms with van der Waals surface area (Å²) in [7, 11) is 3.08. The third-order valence-electron chi connectivity index (χ3n) is 2.85. The molecule has 0 saturated heterocycles. The van der Waals surface area contributed by atoms with Gasteiger partial charge >= 0.3 is 12.0 Å². The number of hydrogen-bond donors (Lipinski definition) is 3. The summed E-state index contributed by atoms with van der Waals surface area (Å²) in [5, 5.41) is 20.8. The lowest BCUT2D eigenvalue weighted by Gasteiger charge is -2.18. The molecule has 0 fully saturated rings. The first-order chi connectivity index (χ1) is 9.93. The van der Waals surface area contributed by atoms with E-state index in [0.29, 0.717) is 25.3 Å². The number of hydrogen-bond acceptors (Lipinski definition) is 4. The van der Waals surface area contributed by atoms with Gasteiger partial charge in [0.2, 0.25) is 0 Å². The van der Waals surface area contributed by atoms with Crippen molar-refractivity contribution >= 4 is 12.0 Å². The maximum Gasteiger partial charge on any atom is 0.317 e. The summed E-state index contributed by atoms with van der Waals surface area (Å²) in [6, 6.07) is 4.62. The highest BCUT2D eigenvalue weighted by Gasteiger charge is 2.10. The number of nitrogens with zero attached hydrogens (tertiary/aromatic N) is 1. The van der Waals surface area contributed by atoms with E-state index in [9.17, 15) is 14.7 Å². The van der Waals surface area contributed by atoms with Crippen LogP contribution < -0.4 is 10.1 Å².